The molecule has 0 radical (unpaired) electrons. The summed E-state index contributed by atoms with van der Waals surface area (Å²) in [5.41, 5.74) is -0.291. The first-order chi connectivity index (χ1) is 15.5. The fourth-order valence-electron chi connectivity index (χ4n) is 4.33. The molecule has 2 fully saturated rings. The van der Waals surface area contributed by atoms with Crippen LogP contribution >= 0.6 is 11.6 Å². The minimum Gasteiger partial charge on any atom is -0.490 e. The summed E-state index contributed by atoms with van der Waals surface area (Å²) in [6.45, 7) is 2.83. The molecule has 1 atom stereocenters. The number of halogens is 1. The van der Waals surface area contributed by atoms with Gasteiger partial charge in [0.15, 0.2) is 0 Å². The number of hydrogen-bond donors (Lipinski definition) is 0. The first kappa shape index (κ1) is 22.6. The minimum atomic E-state index is -0.917. The molecule has 4 rings (SSSR count). The van der Waals surface area contributed by atoms with Crippen LogP contribution in [0.4, 0.5) is 0 Å². The highest BCUT2D eigenvalue weighted by Gasteiger charge is 2.42. The van der Waals surface area contributed by atoms with E-state index in [2.05, 4.69) is 0 Å². The molecule has 2 aliphatic rings. The second kappa shape index (κ2) is 10.4. The predicted octanol–water partition coefficient (Wildman–Crippen LogP) is 4.03. The second-order valence-electron chi connectivity index (χ2n) is 8.49. The second-order valence-corrected chi connectivity index (χ2v) is 8.92. The zero-order valence-corrected chi connectivity index (χ0v) is 18.9. The number of benzene rings is 2. The molecular weight excluding hydrogens is 428 g/mol. The molecular formula is C25H29ClN2O4. The third kappa shape index (κ3) is 5.61. The summed E-state index contributed by atoms with van der Waals surface area (Å²) >= 11 is 6.09. The van der Waals surface area contributed by atoms with Crippen LogP contribution in [0.15, 0.2) is 54.6 Å². The van der Waals surface area contributed by atoms with Gasteiger partial charge in [-0.05, 0) is 49.6 Å². The predicted molar refractivity (Wildman–Crippen MR) is 123 cm³/mol. The lowest BCUT2D eigenvalue weighted by atomic mass is 9.95. The number of amides is 2. The van der Waals surface area contributed by atoms with Crippen LogP contribution in [0.2, 0.25) is 5.02 Å². The molecule has 0 N–H and O–H groups in total. The lowest BCUT2D eigenvalue weighted by Crippen LogP contribution is -2.58. The van der Waals surface area contributed by atoms with E-state index in [1.807, 2.05) is 35.2 Å². The van der Waals surface area contributed by atoms with Crippen molar-refractivity contribution in [2.45, 2.75) is 31.3 Å². The Morgan fingerprint density at radius 3 is 2.50 bits per heavy atom. The van der Waals surface area contributed by atoms with Gasteiger partial charge in [0.25, 0.3) is 5.91 Å². The lowest BCUT2D eigenvalue weighted by molar-refractivity contribution is -0.153. The molecule has 7 heteroatoms. The SMILES string of the molecule is O=C(CC1(COc2cccc(Cl)c2)CN(C(=O)c2ccccc2)CCO1)N1CCCCC1. The minimum absolute atomic E-state index is 0.0494. The van der Waals surface area contributed by atoms with Crippen molar-refractivity contribution in [3.05, 3.63) is 65.2 Å². The highest BCUT2D eigenvalue weighted by Crippen LogP contribution is 2.28. The van der Waals surface area contributed by atoms with Crippen molar-refractivity contribution in [1.82, 2.24) is 9.80 Å². The average Bonchev–Trinajstić information content (AvgIpc) is 2.84. The highest BCUT2D eigenvalue weighted by atomic mass is 35.5. The van der Waals surface area contributed by atoms with Crippen molar-refractivity contribution in [1.29, 1.82) is 0 Å². The topological polar surface area (TPSA) is 59.1 Å². The van der Waals surface area contributed by atoms with E-state index in [1.165, 1.54) is 0 Å². The Hall–Kier alpha value is -2.57. The summed E-state index contributed by atoms with van der Waals surface area (Å²) < 4.78 is 12.2. The van der Waals surface area contributed by atoms with Gasteiger partial charge < -0.3 is 19.3 Å². The van der Waals surface area contributed by atoms with Crippen LogP contribution in [-0.2, 0) is 9.53 Å². The van der Waals surface area contributed by atoms with Gasteiger partial charge in [-0.15, -0.1) is 0 Å². The van der Waals surface area contributed by atoms with Gasteiger partial charge in [0.05, 0.1) is 19.6 Å². The standard InChI is InChI=1S/C25H29ClN2O4/c26-21-10-7-11-22(16-21)31-19-25(17-23(29)27-12-5-2-6-13-27)18-28(14-15-32-25)24(30)20-8-3-1-4-9-20/h1,3-4,7-11,16H,2,5-6,12-15,17-19H2. The van der Waals surface area contributed by atoms with Crippen LogP contribution < -0.4 is 4.74 Å². The summed E-state index contributed by atoms with van der Waals surface area (Å²) in [6.07, 6.45) is 3.38. The molecule has 32 heavy (non-hydrogen) atoms. The molecule has 6 nitrogen and oxygen atoms in total. The molecule has 2 amide bonds. The van der Waals surface area contributed by atoms with Crippen LogP contribution in [0.3, 0.4) is 0 Å². The molecule has 0 aliphatic carbocycles. The molecule has 1 unspecified atom stereocenters. The molecule has 0 aromatic heterocycles. The third-order valence-electron chi connectivity index (χ3n) is 6.04. The van der Waals surface area contributed by atoms with E-state index in [0.29, 0.717) is 36.0 Å². The average molecular weight is 457 g/mol. The highest BCUT2D eigenvalue weighted by molar-refractivity contribution is 6.30. The normalized spacial score (nSPS) is 21.3. The molecule has 2 saturated heterocycles. The fraction of sp³-hybridized carbons (Fsp3) is 0.440. The maximum absolute atomic E-state index is 13.1. The van der Waals surface area contributed by atoms with Gasteiger partial charge in [0.2, 0.25) is 5.91 Å². The largest absolute Gasteiger partial charge is 0.490 e. The maximum Gasteiger partial charge on any atom is 0.254 e. The van der Waals surface area contributed by atoms with E-state index >= 15 is 0 Å². The summed E-state index contributed by atoms with van der Waals surface area (Å²) in [5, 5.41) is 0.575. The van der Waals surface area contributed by atoms with Gasteiger partial charge in [-0.2, -0.15) is 0 Å². The van der Waals surface area contributed by atoms with Gasteiger partial charge in [0, 0.05) is 30.2 Å². The monoisotopic (exact) mass is 456 g/mol. The molecule has 2 heterocycles. The Kier molecular flexibility index (Phi) is 7.33. The van der Waals surface area contributed by atoms with Gasteiger partial charge in [-0.25, -0.2) is 0 Å². The number of rotatable bonds is 6. The summed E-state index contributed by atoms with van der Waals surface area (Å²) in [7, 11) is 0. The van der Waals surface area contributed by atoms with E-state index < -0.39 is 5.60 Å². The first-order valence-electron chi connectivity index (χ1n) is 11.2. The quantitative estimate of drug-likeness (QED) is 0.658. The van der Waals surface area contributed by atoms with Crippen LogP contribution in [0.5, 0.6) is 5.75 Å². The third-order valence-corrected chi connectivity index (χ3v) is 6.27. The van der Waals surface area contributed by atoms with Crippen molar-refractivity contribution in [2.75, 3.05) is 39.4 Å². The Labute approximate surface area is 194 Å². The number of hydrogen-bond acceptors (Lipinski definition) is 4. The number of piperidine rings is 1. The number of carbonyl (C=O) groups excluding carboxylic acids is 2. The van der Waals surface area contributed by atoms with Gasteiger partial charge in [-0.1, -0.05) is 35.9 Å². The van der Waals surface area contributed by atoms with Crippen molar-refractivity contribution >= 4 is 23.4 Å². The van der Waals surface area contributed by atoms with E-state index in [-0.39, 0.29) is 24.8 Å². The maximum atomic E-state index is 13.1. The Morgan fingerprint density at radius 1 is 0.969 bits per heavy atom. The molecule has 2 aromatic rings. The van der Waals surface area contributed by atoms with Crippen molar-refractivity contribution in [3.63, 3.8) is 0 Å². The zero-order chi connectivity index (χ0) is 22.4. The summed E-state index contributed by atoms with van der Waals surface area (Å²) in [5.74, 6) is 0.595. The van der Waals surface area contributed by atoms with E-state index in [9.17, 15) is 9.59 Å². The van der Waals surface area contributed by atoms with Gasteiger partial charge in [-0.3, -0.25) is 9.59 Å². The van der Waals surface area contributed by atoms with Crippen LogP contribution in [0, 0.1) is 0 Å². The van der Waals surface area contributed by atoms with E-state index in [0.717, 1.165) is 32.4 Å². The van der Waals surface area contributed by atoms with Crippen LogP contribution in [0.1, 0.15) is 36.0 Å². The van der Waals surface area contributed by atoms with E-state index in [1.54, 1.807) is 29.2 Å². The number of ether oxygens (including phenoxy) is 2. The zero-order valence-electron chi connectivity index (χ0n) is 18.2. The Bertz CT molecular complexity index is 933. The number of likely N-dealkylation sites (tertiary alicyclic amines) is 1. The van der Waals surface area contributed by atoms with Gasteiger partial charge in [0.1, 0.15) is 18.0 Å². The molecule has 0 bridgehead atoms. The number of morpholine rings is 1. The Balaban J connectivity index is 1.52. The molecule has 0 spiro atoms. The van der Waals surface area contributed by atoms with Crippen LogP contribution in [0.25, 0.3) is 0 Å². The number of nitrogens with zero attached hydrogens (tertiary/aromatic N) is 2. The molecule has 2 aromatic carbocycles. The molecule has 0 saturated carbocycles. The summed E-state index contributed by atoms with van der Waals surface area (Å²) in [6, 6.07) is 16.3. The number of carbonyl (C=O) groups is 2. The molecule has 170 valence electrons. The summed E-state index contributed by atoms with van der Waals surface area (Å²) in [4.78, 5) is 29.9. The van der Waals surface area contributed by atoms with Crippen LogP contribution in [-0.4, -0.2) is 66.6 Å². The van der Waals surface area contributed by atoms with Crippen molar-refractivity contribution in [2.24, 2.45) is 0 Å². The fourth-order valence-corrected chi connectivity index (χ4v) is 4.51. The van der Waals surface area contributed by atoms with Crippen molar-refractivity contribution in [3.8, 4) is 5.75 Å². The Morgan fingerprint density at radius 2 is 1.75 bits per heavy atom. The first-order valence-corrected chi connectivity index (χ1v) is 11.6. The van der Waals surface area contributed by atoms with Gasteiger partial charge >= 0.3 is 0 Å². The van der Waals surface area contributed by atoms with Crippen molar-refractivity contribution < 1.29 is 19.1 Å². The van der Waals surface area contributed by atoms with E-state index in [4.69, 9.17) is 21.1 Å². The smallest absolute Gasteiger partial charge is 0.254 e. The lowest BCUT2D eigenvalue weighted by Gasteiger charge is -2.43. The molecule has 2 aliphatic heterocycles.